The Labute approximate surface area is 115 Å². The summed E-state index contributed by atoms with van der Waals surface area (Å²) >= 11 is 0. The van der Waals surface area contributed by atoms with E-state index in [0.717, 1.165) is 25.9 Å². The maximum absolute atomic E-state index is 11.8. The number of sulfonamides is 1. The van der Waals surface area contributed by atoms with Crippen LogP contribution in [0.3, 0.4) is 0 Å². The van der Waals surface area contributed by atoms with E-state index < -0.39 is 10.0 Å². The second-order valence-electron chi connectivity index (χ2n) is 4.55. The lowest BCUT2D eigenvalue weighted by atomic mass is 10.3. The van der Waals surface area contributed by atoms with Gasteiger partial charge in [-0.05, 0) is 32.4 Å². The van der Waals surface area contributed by atoms with E-state index in [0.29, 0.717) is 12.2 Å². The van der Waals surface area contributed by atoms with Crippen LogP contribution in [0.4, 0.5) is 0 Å². The average molecular weight is 288 g/mol. The summed E-state index contributed by atoms with van der Waals surface area (Å²) in [6.07, 6.45) is 6.10. The summed E-state index contributed by atoms with van der Waals surface area (Å²) < 4.78 is 27.9. The highest BCUT2D eigenvalue weighted by molar-refractivity contribution is 7.89. The normalized spacial score (nSPS) is 11.9. The van der Waals surface area contributed by atoms with Crippen LogP contribution < -0.4 is 10.0 Å². The molecule has 110 valence electrons. The smallest absolute Gasteiger partial charge is 0.212 e. The second kappa shape index (κ2) is 8.29. The number of aryl methyl sites for hydroxylation is 1. The molecule has 0 unspecified atom stereocenters. The molecule has 0 aliphatic rings. The quantitative estimate of drug-likeness (QED) is 0.619. The molecule has 1 aromatic heterocycles. The van der Waals surface area contributed by atoms with Crippen molar-refractivity contribution in [2.24, 2.45) is 7.05 Å². The molecule has 0 aliphatic heterocycles. The molecular weight excluding hydrogens is 264 g/mol. The van der Waals surface area contributed by atoms with Crippen LogP contribution in [0.2, 0.25) is 0 Å². The van der Waals surface area contributed by atoms with Gasteiger partial charge in [-0.2, -0.15) is 0 Å². The predicted octanol–water partition coefficient (Wildman–Crippen LogP) is 0.619. The minimum atomic E-state index is -3.20. The zero-order valence-corrected chi connectivity index (χ0v) is 12.5. The fourth-order valence-electron chi connectivity index (χ4n) is 1.66. The molecule has 0 radical (unpaired) electrons. The van der Waals surface area contributed by atoms with Crippen molar-refractivity contribution < 1.29 is 8.42 Å². The Morgan fingerprint density at radius 3 is 2.74 bits per heavy atom. The van der Waals surface area contributed by atoms with Gasteiger partial charge in [0.25, 0.3) is 0 Å². The van der Waals surface area contributed by atoms with Gasteiger partial charge in [0.15, 0.2) is 0 Å². The van der Waals surface area contributed by atoms with Crippen molar-refractivity contribution >= 4 is 10.0 Å². The van der Waals surface area contributed by atoms with Gasteiger partial charge < -0.3 is 9.88 Å². The summed E-state index contributed by atoms with van der Waals surface area (Å²) in [6, 6.07) is 0. The highest BCUT2D eigenvalue weighted by atomic mass is 32.2. The van der Waals surface area contributed by atoms with E-state index in [9.17, 15) is 8.42 Å². The second-order valence-corrected chi connectivity index (χ2v) is 6.48. The SMILES string of the molecule is CCCNCCCCS(=O)(=O)NCc1nccn1C. The Kier molecular flexibility index (Phi) is 7.04. The topological polar surface area (TPSA) is 76.0 Å². The lowest BCUT2D eigenvalue weighted by molar-refractivity contribution is 0.569. The molecule has 0 fully saturated rings. The maximum atomic E-state index is 11.8. The van der Waals surface area contributed by atoms with Crippen LogP contribution in [-0.4, -0.2) is 36.8 Å². The van der Waals surface area contributed by atoms with Crippen LogP contribution in [0, 0.1) is 0 Å². The van der Waals surface area contributed by atoms with Crippen molar-refractivity contribution in [3.63, 3.8) is 0 Å². The zero-order valence-electron chi connectivity index (χ0n) is 11.7. The fourth-order valence-corrected chi connectivity index (χ4v) is 2.73. The number of nitrogens with zero attached hydrogens (tertiary/aromatic N) is 2. The van der Waals surface area contributed by atoms with Crippen LogP contribution in [0.1, 0.15) is 32.0 Å². The van der Waals surface area contributed by atoms with E-state index in [1.165, 1.54) is 0 Å². The summed E-state index contributed by atoms with van der Waals surface area (Å²) in [5, 5.41) is 3.25. The summed E-state index contributed by atoms with van der Waals surface area (Å²) in [5.41, 5.74) is 0. The molecule has 1 rings (SSSR count). The highest BCUT2D eigenvalue weighted by Gasteiger charge is 2.10. The van der Waals surface area contributed by atoms with Gasteiger partial charge in [-0.15, -0.1) is 0 Å². The molecule has 6 nitrogen and oxygen atoms in total. The van der Waals surface area contributed by atoms with Crippen molar-refractivity contribution in [2.75, 3.05) is 18.8 Å². The Balaban J connectivity index is 2.19. The lowest BCUT2D eigenvalue weighted by Crippen LogP contribution is -2.27. The monoisotopic (exact) mass is 288 g/mol. The van der Waals surface area contributed by atoms with Crippen LogP contribution in [-0.2, 0) is 23.6 Å². The van der Waals surface area contributed by atoms with Gasteiger partial charge in [0.05, 0.1) is 12.3 Å². The lowest BCUT2D eigenvalue weighted by Gasteiger charge is -2.07. The molecule has 0 saturated heterocycles. The number of nitrogens with one attached hydrogen (secondary N) is 2. The Morgan fingerprint density at radius 2 is 2.11 bits per heavy atom. The van der Waals surface area contributed by atoms with Gasteiger partial charge in [-0.3, -0.25) is 0 Å². The maximum Gasteiger partial charge on any atom is 0.212 e. The highest BCUT2D eigenvalue weighted by Crippen LogP contribution is 1.98. The Hall–Kier alpha value is -0.920. The van der Waals surface area contributed by atoms with Gasteiger partial charge in [-0.1, -0.05) is 6.92 Å². The first-order chi connectivity index (χ1) is 9.05. The molecule has 0 aliphatic carbocycles. The van der Waals surface area contributed by atoms with E-state index in [4.69, 9.17) is 0 Å². The van der Waals surface area contributed by atoms with Gasteiger partial charge in [0.1, 0.15) is 5.82 Å². The number of unbranched alkanes of at least 4 members (excludes halogenated alkanes) is 1. The van der Waals surface area contributed by atoms with Gasteiger partial charge in [0.2, 0.25) is 10.0 Å². The van der Waals surface area contributed by atoms with E-state index >= 15 is 0 Å². The summed E-state index contributed by atoms with van der Waals surface area (Å²) in [7, 11) is -1.35. The van der Waals surface area contributed by atoms with Gasteiger partial charge >= 0.3 is 0 Å². The van der Waals surface area contributed by atoms with Crippen molar-refractivity contribution in [2.45, 2.75) is 32.7 Å². The van der Waals surface area contributed by atoms with Crippen LogP contribution in [0.5, 0.6) is 0 Å². The van der Waals surface area contributed by atoms with Crippen molar-refractivity contribution in [1.82, 2.24) is 19.6 Å². The van der Waals surface area contributed by atoms with E-state index in [1.807, 2.05) is 7.05 Å². The molecule has 0 amide bonds. The molecule has 1 aromatic rings. The zero-order chi connectivity index (χ0) is 14.1. The van der Waals surface area contributed by atoms with Crippen molar-refractivity contribution in [1.29, 1.82) is 0 Å². The fraction of sp³-hybridized carbons (Fsp3) is 0.750. The third-order valence-electron chi connectivity index (χ3n) is 2.81. The van der Waals surface area contributed by atoms with Crippen LogP contribution in [0.15, 0.2) is 12.4 Å². The molecule has 1 heterocycles. The molecule has 0 bridgehead atoms. The third kappa shape index (κ3) is 6.70. The molecular formula is C12H24N4O2S. The van der Waals surface area contributed by atoms with E-state index in [1.54, 1.807) is 17.0 Å². The molecule has 19 heavy (non-hydrogen) atoms. The first kappa shape index (κ1) is 16.1. The molecule has 0 atom stereocenters. The summed E-state index contributed by atoms with van der Waals surface area (Å²) in [6.45, 7) is 4.23. The Morgan fingerprint density at radius 1 is 1.32 bits per heavy atom. The number of imidazole rings is 1. The number of hydrogen-bond donors (Lipinski definition) is 2. The molecule has 0 saturated carbocycles. The number of aromatic nitrogens is 2. The van der Waals surface area contributed by atoms with Crippen LogP contribution in [0.25, 0.3) is 0 Å². The molecule has 2 N–H and O–H groups in total. The van der Waals surface area contributed by atoms with Gasteiger partial charge in [0, 0.05) is 19.4 Å². The minimum Gasteiger partial charge on any atom is -0.337 e. The first-order valence-corrected chi connectivity index (χ1v) is 8.34. The summed E-state index contributed by atoms with van der Waals surface area (Å²) in [4.78, 5) is 4.08. The standard InChI is InChI=1S/C12H24N4O2S/c1-3-6-13-7-4-5-10-19(17,18)15-11-12-14-8-9-16(12)2/h8-9,13,15H,3-7,10-11H2,1-2H3. The number of rotatable bonds is 10. The van der Waals surface area contributed by atoms with E-state index in [2.05, 4.69) is 21.9 Å². The van der Waals surface area contributed by atoms with Gasteiger partial charge in [-0.25, -0.2) is 18.1 Å². The largest absolute Gasteiger partial charge is 0.337 e. The predicted molar refractivity (Wildman–Crippen MR) is 76.2 cm³/mol. The average Bonchev–Trinajstić information content (AvgIpc) is 2.77. The van der Waals surface area contributed by atoms with E-state index in [-0.39, 0.29) is 12.3 Å². The minimum absolute atomic E-state index is 0.172. The molecule has 7 heteroatoms. The third-order valence-corrected chi connectivity index (χ3v) is 4.22. The van der Waals surface area contributed by atoms with Crippen molar-refractivity contribution in [3.05, 3.63) is 18.2 Å². The van der Waals surface area contributed by atoms with Crippen molar-refractivity contribution in [3.8, 4) is 0 Å². The number of hydrogen-bond acceptors (Lipinski definition) is 4. The Bertz CT molecular complexity index is 456. The summed E-state index contributed by atoms with van der Waals surface area (Å²) in [5.74, 6) is 0.888. The first-order valence-electron chi connectivity index (χ1n) is 6.69. The van der Waals surface area contributed by atoms with Crippen LogP contribution >= 0.6 is 0 Å². The molecule has 0 aromatic carbocycles. The molecule has 0 spiro atoms.